The van der Waals surface area contributed by atoms with Crippen molar-refractivity contribution in [2.24, 2.45) is 10.7 Å². The predicted molar refractivity (Wildman–Crippen MR) is 67.7 cm³/mol. The highest BCUT2D eigenvalue weighted by molar-refractivity contribution is 5.93. The van der Waals surface area contributed by atoms with Gasteiger partial charge in [-0.3, -0.25) is 0 Å². The molecule has 17 heavy (non-hydrogen) atoms. The number of halogens is 1. The van der Waals surface area contributed by atoms with Gasteiger partial charge in [-0.15, -0.1) is 0 Å². The largest absolute Gasteiger partial charge is 0.369 e. The zero-order chi connectivity index (χ0) is 12.1. The molecular weight excluding hydrogens is 217 g/mol. The van der Waals surface area contributed by atoms with Gasteiger partial charge in [0.1, 0.15) is 5.82 Å². The number of rotatable bonds is 2. The van der Waals surface area contributed by atoms with Gasteiger partial charge in [-0.25, -0.2) is 9.38 Å². The average molecular weight is 229 g/mol. The Hall–Kier alpha value is -2.36. The molecule has 0 unspecified atom stereocenters. The first-order valence-corrected chi connectivity index (χ1v) is 5.16. The topological polar surface area (TPSA) is 50.4 Å². The molecule has 0 aromatic heterocycles. The maximum atomic E-state index is 12.7. The summed E-state index contributed by atoms with van der Waals surface area (Å²) in [5.74, 6) is -0.0167. The fraction of sp³-hybridized carbons (Fsp3) is 0. The molecule has 2 aromatic rings. The van der Waals surface area contributed by atoms with Crippen LogP contribution >= 0.6 is 0 Å². The van der Waals surface area contributed by atoms with E-state index in [1.807, 2.05) is 30.3 Å². The number of guanidine groups is 1. The van der Waals surface area contributed by atoms with Crippen molar-refractivity contribution < 1.29 is 4.39 Å². The summed E-state index contributed by atoms with van der Waals surface area (Å²) < 4.78 is 12.7. The zero-order valence-corrected chi connectivity index (χ0v) is 9.10. The van der Waals surface area contributed by atoms with Crippen molar-refractivity contribution in [3.63, 3.8) is 0 Å². The number of benzene rings is 2. The third-order valence-corrected chi connectivity index (χ3v) is 2.12. The van der Waals surface area contributed by atoms with Crippen LogP contribution in [0.4, 0.5) is 15.8 Å². The first kappa shape index (κ1) is 11.1. The Labute approximate surface area is 98.8 Å². The molecule has 2 rings (SSSR count). The first-order chi connectivity index (χ1) is 8.24. The molecule has 0 saturated carbocycles. The zero-order valence-electron chi connectivity index (χ0n) is 9.10. The van der Waals surface area contributed by atoms with E-state index < -0.39 is 0 Å². The highest BCUT2D eigenvalue weighted by Crippen LogP contribution is 2.11. The second-order valence-electron chi connectivity index (χ2n) is 3.46. The molecule has 0 saturated heterocycles. The molecule has 3 nitrogen and oxygen atoms in total. The average Bonchev–Trinajstić information content (AvgIpc) is 2.33. The van der Waals surface area contributed by atoms with Gasteiger partial charge in [-0.2, -0.15) is 0 Å². The number of aliphatic imine (C=N–C) groups is 1. The molecule has 2 aromatic carbocycles. The molecule has 3 N–H and O–H groups in total. The number of hydrogen-bond acceptors (Lipinski definition) is 1. The summed E-state index contributed by atoms with van der Waals surface area (Å²) in [4.78, 5) is 4.17. The van der Waals surface area contributed by atoms with Crippen LogP contribution in [0.3, 0.4) is 0 Å². The fourth-order valence-electron chi connectivity index (χ4n) is 1.35. The lowest BCUT2D eigenvalue weighted by atomic mass is 10.3. The molecule has 0 aliphatic carbocycles. The van der Waals surface area contributed by atoms with Gasteiger partial charge >= 0.3 is 0 Å². The molecule has 86 valence electrons. The molecule has 0 spiro atoms. The number of anilines is 1. The molecular formula is C13H12FN3. The Morgan fingerprint density at radius 3 is 2.29 bits per heavy atom. The van der Waals surface area contributed by atoms with E-state index in [1.54, 1.807) is 12.1 Å². The number of para-hydroxylation sites is 1. The molecule has 0 amide bonds. The first-order valence-electron chi connectivity index (χ1n) is 5.16. The molecule has 0 atom stereocenters. The van der Waals surface area contributed by atoms with Crippen molar-refractivity contribution >= 4 is 17.3 Å². The maximum absolute atomic E-state index is 12.7. The number of nitrogens with one attached hydrogen (secondary N) is 1. The van der Waals surface area contributed by atoms with E-state index >= 15 is 0 Å². The molecule has 0 fully saturated rings. The van der Waals surface area contributed by atoms with E-state index in [-0.39, 0.29) is 11.8 Å². The summed E-state index contributed by atoms with van der Waals surface area (Å²) in [7, 11) is 0. The van der Waals surface area contributed by atoms with Gasteiger partial charge in [0.2, 0.25) is 0 Å². The van der Waals surface area contributed by atoms with Gasteiger partial charge < -0.3 is 11.1 Å². The van der Waals surface area contributed by atoms with Crippen LogP contribution in [0.15, 0.2) is 59.6 Å². The Morgan fingerprint density at radius 1 is 1.00 bits per heavy atom. The van der Waals surface area contributed by atoms with Crippen molar-refractivity contribution in [3.8, 4) is 0 Å². The minimum atomic E-state index is -0.283. The minimum absolute atomic E-state index is 0.266. The van der Waals surface area contributed by atoms with E-state index in [0.717, 1.165) is 5.69 Å². The third kappa shape index (κ3) is 3.31. The molecule has 0 aliphatic heterocycles. The normalized spacial score (nSPS) is 11.2. The van der Waals surface area contributed by atoms with E-state index in [4.69, 9.17) is 5.73 Å². The molecule has 0 heterocycles. The van der Waals surface area contributed by atoms with Crippen LogP contribution in [0, 0.1) is 5.82 Å². The summed E-state index contributed by atoms with van der Waals surface area (Å²) in [6.45, 7) is 0. The molecule has 0 bridgehead atoms. The second-order valence-corrected chi connectivity index (χ2v) is 3.46. The van der Waals surface area contributed by atoms with Gasteiger partial charge in [0.15, 0.2) is 5.96 Å². The Bertz CT molecular complexity index is 506. The van der Waals surface area contributed by atoms with E-state index in [9.17, 15) is 4.39 Å². The van der Waals surface area contributed by atoms with E-state index in [0.29, 0.717) is 5.69 Å². The lowest BCUT2D eigenvalue weighted by molar-refractivity contribution is 0.628. The van der Waals surface area contributed by atoms with Gasteiger partial charge in [0, 0.05) is 5.69 Å². The summed E-state index contributed by atoms with van der Waals surface area (Å²) in [5, 5.41) is 2.88. The smallest absolute Gasteiger partial charge is 0.198 e. The van der Waals surface area contributed by atoms with Crippen LogP contribution in [0.2, 0.25) is 0 Å². The number of hydrogen-bond donors (Lipinski definition) is 2. The maximum Gasteiger partial charge on any atom is 0.198 e. The van der Waals surface area contributed by atoms with Crippen molar-refractivity contribution in [3.05, 3.63) is 60.4 Å². The van der Waals surface area contributed by atoms with Crippen LogP contribution in [0.5, 0.6) is 0 Å². The predicted octanol–water partition coefficient (Wildman–Crippen LogP) is 2.88. The van der Waals surface area contributed by atoms with E-state index in [2.05, 4.69) is 10.3 Å². The van der Waals surface area contributed by atoms with Crippen molar-refractivity contribution in [1.82, 2.24) is 0 Å². The second kappa shape index (κ2) is 5.12. The van der Waals surface area contributed by atoms with Crippen LogP contribution in [0.1, 0.15) is 0 Å². The lowest BCUT2D eigenvalue weighted by Crippen LogP contribution is -2.21. The van der Waals surface area contributed by atoms with Crippen LogP contribution in [-0.2, 0) is 0 Å². The highest BCUT2D eigenvalue weighted by atomic mass is 19.1. The van der Waals surface area contributed by atoms with Gasteiger partial charge in [-0.05, 0) is 36.4 Å². The van der Waals surface area contributed by atoms with Crippen LogP contribution in [0.25, 0.3) is 0 Å². The van der Waals surface area contributed by atoms with Gasteiger partial charge in [0.05, 0.1) is 5.69 Å². The Morgan fingerprint density at radius 2 is 1.65 bits per heavy atom. The van der Waals surface area contributed by atoms with Crippen LogP contribution in [-0.4, -0.2) is 5.96 Å². The monoisotopic (exact) mass is 229 g/mol. The third-order valence-electron chi connectivity index (χ3n) is 2.12. The van der Waals surface area contributed by atoms with Gasteiger partial charge in [-0.1, -0.05) is 18.2 Å². The number of nitrogens with zero attached hydrogens (tertiary/aromatic N) is 1. The standard InChI is InChI=1S/C13H12FN3/c14-10-6-8-12(9-7-10)17-13(15)16-11-4-2-1-3-5-11/h1-9H,(H3,15,16,17). The Balaban J connectivity index is 2.09. The summed E-state index contributed by atoms with van der Waals surface area (Å²) in [6.07, 6.45) is 0. The summed E-state index contributed by atoms with van der Waals surface area (Å²) >= 11 is 0. The van der Waals surface area contributed by atoms with Gasteiger partial charge in [0.25, 0.3) is 0 Å². The van der Waals surface area contributed by atoms with Crippen molar-refractivity contribution in [1.29, 1.82) is 0 Å². The van der Waals surface area contributed by atoms with Crippen molar-refractivity contribution in [2.75, 3.05) is 5.32 Å². The molecule has 0 aliphatic rings. The van der Waals surface area contributed by atoms with E-state index in [1.165, 1.54) is 12.1 Å². The highest BCUT2D eigenvalue weighted by Gasteiger charge is 1.96. The minimum Gasteiger partial charge on any atom is -0.369 e. The fourth-order valence-corrected chi connectivity index (χ4v) is 1.35. The molecule has 4 heteroatoms. The SMILES string of the molecule is NC(=Nc1ccccc1)Nc1ccc(F)cc1. The summed E-state index contributed by atoms with van der Waals surface area (Å²) in [6, 6.07) is 15.3. The molecule has 0 radical (unpaired) electrons. The van der Waals surface area contributed by atoms with Crippen molar-refractivity contribution in [2.45, 2.75) is 0 Å². The summed E-state index contributed by atoms with van der Waals surface area (Å²) in [5.41, 5.74) is 7.18. The van der Waals surface area contributed by atoms with Crippen LogP contribution < -0.4 is 11.1 Å². The quantitative estimate of drug-likeness (QED) is 0.614. The number of nitrogens with two attached hydrogens (primary N) is 1. The lowest BCUT2D eigenvalue weighted by Gasteiger charge is -2.04. The Kier molecular flexibility index (Phi) is 3.35.